The second kappa shape index (κ2) is 7.93. The summed E-state index contributed by atoms with van der Waals surface area (Å²) in [6.07, 6.45) is -2.39. The Kier molecular flexibility index (Phi) is 7.79. The monoisotopic (exact) mass is 254 g/mol. The normalized spacial score (nSPS) is 16.2. The lowest BCUT2D eigenvalue weighted by atomic mass is 10.1. The minimum Gasteiger partial charge on any atom is -0.313 e. The van der Waals surface area contributed by atoms with Gasteiger partial charge in [-0.05, 0) is 39.8 Å². The third-order valence-corrected chi connectivity index (χ3v) is 2.91. The summed E-state index contributed by atoms with van der Waals surface area (Å²) >= 11 is 0. The van der Waals surface area contributed by atoms with Gasteiger partial charge in [0.15, 0.2) is 0 Å². The summed E-state index contributed by atoms with van der Waals surface area (Å²) in [5.74, 6) is 0. The Hall–Kier alpha value is -0.290. The fraction of sp³-hybridized carbons (Fsp3) is 1.00. The molecule has 1 N–H and O–H groups in total. The van der Waals surface area contributed by atoms with Gasteiger partial charge < -0.3 is 5.32 Å². The average Bonchev–Trinajstić information content (AvgIpc) is 2.22. The summed E-state index contributed by atoms with van der Waals surface area (Å²) in [6, 6.07) is -0.0352. The molecule has 17 heavy (non-hydrogen) atoms. The SMILES string of the molecule is CCCNC(C)C(C)N(CCC)CC(F)(F)F. The first-order chi connectivity index (χ1) is 7.81. The van der Waals surface area contributed by atoms with Gasteiger partial charge in [-0.3, -0.25) is 4.90 Å². The Morgan fingerprint density at radius 3 is 2.12 bits per heavy atom. The summed E-state index contributed by atoms with van der Waals surface area (Å²) < 4.78 is 37.3. The number of halogens is 3. The standard InChI is InChI=1S/C12H25F3N2/c1-5-7-16-10(3)11(4)17(8-6-2)9-12(13,14)15/h10-11,16H,5-9H2,1-4H3. The molecule has 0 aromatic heterocycles. The smallest absolute Gasteiger partial charge is 0.313 e. The van der Waals surface area contributed by atoms with Crippen molar-refractivity contribution >= 4 is 0 Å². The molecule has 5 heteroatoms. The highest BCUT2D eigenvalue weighted by atomic mass is 19.4. The van der Waals surface area contributed by atoms with Gasteiger partial charge in [0.05, 0.1) is 6.54 Å². The number of nitrogens with one attached hydrogen (secondary N) is 1. The second-order valence-electron chi connectivity index (χ2n) is 4.57. The van der Waals surface area contributed by atoms with Gasteiger partial charge in [-0.1, -0.05) is 13.8 Å². The van der Waals surface area contributed by atoms with E-state index in [-0.39, 0.29) is 12.1 Å². The molecule has 0 aliphatic rings. The number of hydrogen-bond donors (Lipinski definition) is 1. The van der Waals surface area contributed by atoms with Crippen molar-refractivity contribution in [3.63, 3.8) is 0 Å². The van der Waals surface area contributed by atoms with Crippen molar-refractivity contribution in [3.05, 3.63) is 0 Å². The molecule has 0 amide bonds. The van der Waals surface area contributed by atoms with Crippen molar-refractivity contribution in [2.45, 2.75) is 58.8 Å². The van der Waals surface area contributed by atoms with Crippen LogP contribution in [-0.4, -0.2) is 42.8 Å². The van der Waals surface area contributed by atoms with Crippen molar-refractivity contribution in [2.75, 3.05) is 19.6 Å². The van der Waals surface area contributed by atoms with Gasteiger partial charge in [-0.25, -0.2) is 0 Å². The molecule has 0 saturated carbocycles. The predicted octanol–water partition coefficient (Wildman–Crippen LogP) is 3.04. The molecular weight excluding hydrogens is 229 g/mol. The van der Waals surface area contributed by atoms with Crippen LogP contribution in [0, 0.1) is 0 Å². The highest BCUT2D eigenvalue weighted by molar-refractivity contribution is 4.79. The molecule has 0 aliphatic carbocycles. The van der Waals surface area contributed by atoms with Crippen LogP contribution in [0.4, 0.5) is 13.2 Å². The van der Waals surface area contributed by atoms with Crippen LogP contribution in [0.25, 0.3) is 0 Å². The maximum Gasteiger partial charge on any atom is 0.401 e. The van der Waals surface area contributed by atoms with Gasteiger partial charge in [0, 0.05) is 12.1 Å². The number of alkyl halides is 3. The first-order valence-corrected chi connectivity index (χ1v) is 6.36. The molecule has 0 heterocycles. The minimum absolute atomic E-state index is 0.0730. The lowest BCUT2D eigenvalue weighted by Crippen LogP contribution is -2.50. The summed E-state index contributed by atoms with van der Waals surface area (Å²) in [5.41, 5.74) is 0. The molecule has 2 unspecified atom stereocenters. The van der Waals surface area contributed by atoms with Crippen molar-refractivity contribution in [1.82, 2.24) is 10.2 Å². The van der Waals surface area contributed by atoms with Crippen LogP contribution in [0.2, 0.25) is 0 Å². The zero-order valence-electron chi connectivity index (χ0n) is 11.3. The lowest BCUT2D eigenvalue weighted by Gasteiger charge is -2.34. The quantitative estimate of drug-likeness (QED) is 0.716. The molecule has 0 rings (SSSR count). The van der Waals surface area contributed by atoms with Crippen molar-refractivity contribution in [2.24, 2.45) is 0 Å². The van der Waals surface area contributed by atoms with E-state index in [1.807, 2.05) is 27.7 Å². The number of rotatable bonds is 8. The fourth-order valence-electron chi connectivity index (χ4n) is 1.80. The third kappa shape index (κ3) is 7.60. The Morgan fingerprint density at radius 2 is 1.71 bits per heavy atom. The molecule has 0 aliphatic heterocycles. The van der Waals surface area contributed by atoms with Crippen molar-refractivity contribution < 1.29 is 13.2 Å². The molecule has 0 fully saturated rings. The van der Waals surface area contributed by atoms with Crippen molar-refractivity contribution in [3.8, 4) is 0 Å². The highest BCUT2D eigenvalue weighted by Gasteiger charge is 2.33. The molecule has 0 radical (unpaired) electrons. The molecular formula is C12H25F3N2. The molecule has 0 aromatic carbocycles. The van der Waals surface area contributed by atoms with E-state index in [9.17, 15) is 13.2 Å². The van der Waals surface area contributed by atoms with Crippen LogP contribution in [0.5, 0.6) is 0 Å². The number of hydrogen-bond acceptors (Lipinski definition) is 2. The lowest BCUT2D eigenvalue weighted by molar-refractivity contribution is -0.151. The zero-order chi connectivity index (χ0) is 13.5. The van der Waals surface area contributed by atoms with Crippen LogP contribution >= 0.6 is 0 Å². The largest absolute Gasteiger partial charge is 0.401 e. The van der Waals surface area contributed by atoms with Crippen LogP contribution in [0.3, 0.4) is 0 Å². The zero-order valence-corrected chi connectivity index (χ0v) is 11.3. The summed E-state index contributed by atoms with van der Waals surface area (Å²) in [6.45, 7) is 8.26. The van der Waals surface area contributed by atoms with Gasteiger partial charge >= 0.3 is 6.18 Å². The van der Waals surface area contributed by atoms with E-state index in [1.165, 1.54) is 4.90 Å². The van der Waals surface area contributed by atoms with E-state index in [0.717, 1.165) is 19.4 Å². The van der Waals surface area contributed by atoms with Gasteiger partial charge in [0.25, 0.3) is 0 Å². The fourth-order valence-corrected chi connectivity index (χ4v) is 1.80. The molecule has 2 atom stereocenters. The summed E-state index contributed by atoms with van der Waals surface area (Å²) in [4.78, 5) is 1.51. The van der Waals surface area contributed by atoms with E-state index in [2.05, 4.69) is 5.32 Å². The highest BCUT2D eigenvalue weighted by Crippen LogP contribution is 2.19. The van der Waals surface area contributed by atoms with Crippen LogP contribution in [0.1, 0.15) is 40.5 Å². The summed E-state index contributed by atoms with van der Waals surface area (Å²) in [5, 5.41) is 3.25. The van der Waals surface area contributed by atoms with Crippen LogP contribution in [0.15, 0.2) is 0 Å². The Labute approximate surface area is 103 Å². The van der Waals surface area contributed by atoms with E-state index in [0.29, 0.717) is 6.54 Å². The maximum absolute atomic E-state index is 12.4. The average molecular weight is 254 g/mol. The second-order valence-corrected chi connectivity index (χ2v) is 4.57. The van der Waals surface area contributed by atoms with Crippen LogP contribution < -0.4 is 5.32 Å². The Bertz CT molecular complexity index is 195. The first kappa shape index (κ1) is 16.7. The Balaban J connectivity index is 4.36. The van der Waals surface area contributed by atoms with Crippen molar-refractivity contribution in [1.29, 1.82) is 0 Å². The van der Waals surface area contributed by atoms with Gasteiger partial charge in [0.2, 0.25) is 0 Å². The predicted molar refractivity (Wildman–Crippen MR) is 65.1 cm³/mol. The van der Waals surface area contributed by atoms with Crippen LogP contribution in [-0.2, 0) is 0 Å². The molecule has 2 nitrogen and oxygen atoms in total. The third-order valence-electron chi connectivity index (χ3n) is 2.91. The topological polar surface area (TPSA) is 15.3 Å². The van der Waals surface area contributed by atoms with Gasteiger partial charge in [-0.15, -0.1) is 0 Å². The molecule has 0 bridgehead atoms. The van der Waals surface area contributed by atoms with Gasteiger partial charge in [-0.2, -0.15) is 13.2 Å². The first-order valence-electron chi connectivity index (χ1n) is 6.36. The van der Waals surface area contributed by atoms with E-state index < -0.39 is 12.7 Å². The van der Waals surface area contributed by atoms with E-state index in [4.69, 9.17) is 0 Å². The van der Waals surface area contributed by atoms with Gasteiger partial charge in [0.1, 0.15) is 0 Å². The van der Waals surface area contributed by atoms with E-state index >= 15 is 0 Å². The number of nitrogens with zero attached hydrogens (tertiary/aromatic N) is 1. The van der Waals surface area contributed by atoms with E-state index in [1.54, 1.807) is 0 Å². The molecule has 0 aromatic rings. The molecule has 0 saturated heterocycles. The Morgan fingerprint density at radius 1 is 1.12 bits per heavy atom. The minimum atomic E-state index is -4.12. The molecule has 0 spiro atoms. The molecule has 104 valence electrons. The maximum atomic E-state index is 12.4. The summed E-state index contributed by atoms with van der Waals surface area (Å²) in [7, 11) is 0.